The maximum atomic E-state index is 5.94. The van der Waals surface area contributed by atoms with Gasteiger partial charge in [-0.3, -0.25) is 0 Å². The number of piperazine rings is 1. The topological polar surface area (TPSA) is 67.5 Å². The Hall–Kier alpha value is -2.21. The highest BCUT2D eigenvalue weighted by Gasteiger charge is 2.20. The van der Waals surface area contributed by atoms with Crippen LogP contribution in [0.25, 0.3) is 0 Å². The Morgan fingerprint density at radius 3 is 2.44 bits per heavy atom. The van der Waals surface area contributed by atoms with Gasteiger partial charge in [0.05, 0.1) is 12.3 Å². The number of anilines is 3. The lowest BCUT2D eigenvalue weighted by Crippen LogP contribution is -2.46. The maximum absolute atomic E-state index is 5.94. The summed E-state index contributed by atoms with van der Waals surface area (Å²) in [5.74, 6) is 1.35. The molecule has 134 valence electrons. The molecule has 0 aliphatic carbocycles. The number of unbranched alkanes of at least 4 members (excludes halogenated alkanes) is 1. The molecule has 7 heteroatoms. The van der Waals surface area contributed by atoms with Crippen molar-refractivity contribution in [1.82, 2.24) is 10.2 Å². The molecule has 6 nitrogen and oxygen atoms in total. The van der Waals surface area contributed by atoms with Crippen LogP contribution in [0.15, 0.2) is 30.3 Å². The summed E-state index contributed by atoms with van der Waals surface area (Å²) >= 11 is 5.94. The molecule has 0 saturated carbocycles. The monoisotopic (exact) mass is 361 g/mol. The molecule has 2 N–H and O–H groups in total. The van der Waals surface area contributed by atoms with E-state index < -0.39 is 0 Å². The molecule has 0 amide bonds. The summed E-state index contributed by atoms with van der Waals surface area (Å²) in [5, 5.41) is 8.04. The first-order valence-corrected chi connectivity index (χ1v) is 9.06. The lowest BCUT2D eigenvalue weighted by atomic mass is 10.2. The molecule has 0 unspecified atom stereocenters. The van der Waals surface area contributed by atoms with Crippen LogP contribution in [0.4, 0.5) is 17.2 Å². The SMILES string of the molecule is CCCCOc1ccc(N2CCN(c3cc(Cl)nnc3N)CC2)cc1. The summed E-state index contributed by atoms with van der Waals surface area (Å²) in [5.41, 5.74) is 8.00. The normalized spacial score (nSPS) is 14.6. The van der Waals surface area contributed by atoms with Crippen molar-refractivity contribution in [3.63, 3.8) is 0 Å². The van der Waals surface area contributed by atoms with Crippen LogP contribution in [0.1, 0.15) is 19.8 Å². The van der Waals surface area contributed by atoms with E-state index in [1.165, 1.54) is 5.69 Å². The first kappa shape index (κ1) is 17.6. The van der Waals surface area contributed by atoms with Crippen molar-refractivity contribution in [3.05, 3.63) is 35.5 Å². The fraction of sp³-hybridized carbons (Fsp3) is 0.444. The summed E-state index contributed by atoms with van der Waals surface area (Å²) in [6.45, 7) is 6.49. The minimum absolute atomic E-state index is 0.366. The van der Waals surface area contributed by atoms with Gasteiger partial charge in [-0.25, -0.2) is 0 Å². The molecular formula is C18H24ClN5O. The molecule has 0 bridgehead atoms. The van der Waals surface area contributed by atoms with E-state index >= 15 is 0 Å². The van der Waals surface area contributed by atoms with E-state index in [9.17, 15) is 0 Å². The molecule has 1 saturated heterocycles. The van der Waals surface area contributed by atoms with Gasteiger partial charge in [0.15, 0.2) is 11.0 Å². The van der Waals surface area contributed by atoms with Gasteiger partial charge in [-0.15, -0.1) is 10.2 Å². The predicted octanol–water partition coefficient (Wildman–Crippen LogP) is 3.22. The third-order valence-corrected chi connectivity index (χ3v) is 4.55. The maximum Gasteiger partial charge on any atom is 0.169 e. The highest BCUT2D eigenvalue weighted by molar-refractivity contribution is 6.29. The lowest BCUT2D eigenvalue weighted by molar-refractivity contribution is 0.309. The van der Waals surface area contributed by atoms with Crippen LogP contribution in [0.2, 0.25) is 5.15 Å². The summed E-state index contributed by atoms with van der Waals surface area (Å²) in [4.78, 5) is 4.56. The molecule has 0 spiro atoms. The molecule has 25 heavy (non-hydrogen) atoms. The van der Waals surface area contributed by atoms with Crippen molar-refractivity contribution < 1.29 is 4.74 Å². The van der Waals surface area contributed by atoms with E-state index in [-0.39, 0.29) is 0 Å². The fourth-order valence-electron chi connectivity index (χ4n) is 2.91. The van der Waals surface area contributed by atoms with Gasteiger partial charge in [-0.1, -0.05) is 24.9 Å². The Labute approximate surface area is 153 Å². The van der Waals surface area contributed by atoms with Gasteiger partial charge < -0.3 is 20.3 Å². The van der Waals surface area contributed by atoms with E-state index in [0.717, 1.165) is 57.1 Å². The van der Waals surface area contributed by atoms with Crippen LogP contribution < -0.4 is 20.3 Å². The van der Waals surface area contributed by atoms with Gasteiger partial charge in [-0.05, 0) is 30.7 Å². The van der Waals surface area contributed by atoms with Gasteiger partial charge in [0.1, 0.15) is 5.75 Å². The number of nitrogen functional groups attached to an aromatic ring is 1. The second-order valence-corrected chi connectivity index (χ2v) is 6.49. The van der Waals surface area contributed by atoms with Crippen molar-refractivity contribution in [2.75, 3.05) is 48.3 Å². The number of nitrogens with zero attached hydrogens (tertiary/aromatic N) is 4. The Balaban J connectivity index is 1.57. The van der Waals surface area contributed by atoms with Crippen molar-refractivity contribution >= 4 is 28.8 Å². The number of ether oxygens (including phenoxy) is 1. The fourth-order valence-corrected chi connectivity index (χ4v) is 3.06. The van der Waals surface area contributed by atoms with Crippen LogP contribution in [0.5, 0.6) is 5.75 Å². The minimum atomic E-state index is 0.366. The lowest BCUT2D eigenvalue weighted by Gasteiger charge is -2.37. The van der Waals surface area contributed by atoms with Gasteiger partial charge >= 0.3 is 0 Å². The molecule has 1 aromatic carbocycles. The number of aromatic nitrogens is 2. The van der Waals surface area contributed by atoms with Gasteiger partial charge in [-0.2, -0.15) is 0 Å². The van der Waals surface area contributed by atoms with Crippen LogP contribution in [-0.4, -0.2) is 43.0 Å². The van der Waals surface area contributed by atoms with Crippen LogP contribution in [0, 0.1) is 0 Å². The van der Waals surface area contributed by atoms with Crippen molar-refractivity contribution in [1.29, 1.82) is 0 Å². The molecule has 1 aliphatic rings. The van der Waals surface area contributed by atoms with Crippen molar-refractivity contribution in [2.45, 2.75) is 19.8 Å². The zero-order valence-corrected chi connectivity index (χ0v) is 15.2. The van der Waals surface area contributed by atoms with Crippen LogP contribution in [0.3, 0.4) is 0 Å². The number of halogens is 1. The van der Waals surface area contributed by atoms with E-state index in [0.29, 0.717) is 11.0 Å². The molecule has 3 rings (SSSR count). The Bertz CT molecular complexity index is 686. The van der Waals surface area contributed by atoms with Gasteiger partial charge in [0.2, 0.25) is 0 Å². The summed E-state index contributed by atoms with van der Waals surface area (Å²) in [6.07, 6.45) is 2.23. The Morgan fingerprint density at radius 1 is 1.08 bits per heavy atom. The third-order valence-electron chi connectivity index (χ3n) is 4.36. The molecule has 1 aromatic heterocycles. The number of benzene rings is 1. The van der Waals surface area contributed by atoms with Gasteiger partial charge in [0.25, 0.3) is 0 Å². The number of rotatable bonds is 6. The molecule has 2 heterocycles. The summed E-state index contributed by atoms with van der Waals surface area (Å²) < 4.78 is 5.72. The standard InChI is InChI=1S/C18H24ClN5O/c1-2-3-12-25-15-6-4-14(5-7-15)23-8-10-24(11-9-23)16-13-17(19)21-22-18(16)20/h4-7,13H,2-3,8-12H2,1H3,(H2,20,22). The van der Waals surface area contributed by atoms with E-state index in [1.54, 1.807) is 6.07 Å². The highest BCUT2D eigenvalue weighted by atomic mass is 35.5. The Kier molecular flexibility index (Phi) is 5.81. The van der Waals surface area contributed by atoms with Crippen LogP contribution in [-0.2, 0) is 0 Å². The zero-order chi connectivity index (χ0) is 17.6. The van der Waals surface area contributed by atoms with E-state index in [2.05, 4.69) is 39.1 Å². The van der Waals surface area contributed by atoms with E-state index in [1.807, 2.05) is 12.1 Å². The molecular weight excluding hydrogens is 338 g/mol. The predicted molar refractivity (Wildman–Crippen MR) is 103 cm³/mol. The molecule has 1 aliphatic heterocycles. The average molecular weight is 362 g/mol. The summed E-state index contributed by atoms with van der Waals surface area (Å²) in [6, 6.07) is 10.1. The van der Waals surface area contributed by atoms with Crippen LogP contribution >= 0.6 is 11.6 Å². The van der Waals surface area contributed by atoms with Crippen molar-refractivity contribution in [3.8, 4) is 5.75 Å². The number of hydrogen-bond acceptors (Lipinski definition) is 6. The molecule has 1 fully saturated rings. The second-order valence-electron chi connectivity index (χ2n) is 6.11. The smallest absolute Gasteiger partial charge is 0.169 e. The largest absolute Gasteiger partial charge is 0.494 e. The average Bonchev–Trinajstić information content (AvgIpc) is 2.65. The minimum Gasteiger partial charge on any atom is -0.494 e. The number of nitrogens with two attached hydrogens (primary N) is 1. The quantitative estimate of drug-likeness (QED) is 0.797. The third kappa shape index (κ3) is 4.45. The summed E-state index contributed by atoms with van der Waals surface area (Å²) in [7, 11) is 0. The first-order valence-electron chi connectivity index (χ1n) is 8.69. The molecule has 2 aromatic rings. The van der Waals surface area contributed by atoms with Gasteiger partial charge in [0, 0.05) is 37.9 Å². The van der Waals surface area contributed by atoms with Crippen molar-refractivity contribution in [2.24, 2.45) is 0 Å². The number of hydrogen-bond donors (Lipinski definition) is 1. The zero-order valence-electron chi connectivity index (χ0n) is 14.5. The molecule has 0 radical (unpaired) electrons. The Morgan fingerprint density at radius 2 is 1.76 bits per heavy atom. The highest BCUT2D eigenvalue weighted by Crippen LogP contribution is 2.26. The van der Waals surface area contributed by atoms with E-state index in [4.69, 9.17) is 22.1 Å². The second kappa shape index (κ2) is 8.25. The first-order chi connectivity index (χ1) is 12.2. The molecule has 0 atom stereocenters.